The van der Waals surface area contributed by atoms with E-state index in [4.69, 9.17) is 16.0 Å². The van der Waals surface area contributed by atoms with E-state index in [9.17, 15) is 98.1 Å². The maximum absolute atomic E-state index is 13.5. The molecule has 0 spiro atoms. The normalized spacial score (nSPS) is 13.4. The van der Waals surface area contributed by atoms with Gasteiger partial charge in [-0.15, -0.1) is 25.6 Å². The molecule has 0 unspecified atom stereocenters. The van der Waals surface area contributed by atoms with Crippen LogP contribution < -0.4 is 16.8 Å². The van der Waals surface area contributed by atoms with Crippen molar-refractivity contribution >= 4 is 162 Å². The summed E-state index contributed by atoms with van der Waals surface area (Å²) in [7, 11) is -33.0. The average molecular weight is 1410 g/mol. The number of nitrogen functional groups attached to an aromatic ring is 2. The summed E-state index contributed by atoms with van der Waals surface area (Å²) in [6, 6.07) is 23.4. The van der Waals surface area contributed by atoms with Crippen molar-refractivity contribution in [2.24, 2.45) is 40.9 Å². The summed E-state index contributed by atoms with van der Waals surface area (Å²) in [6.45, 7) is 3.04. The molecule has 1 amide bonds. The molecular formula is C50H49N11O24S7. The van der Waals surface area contributed by atoms with Gasteiger partial charge in [0.25, 0.3) is 36.3 Å². The summed E-state index contributed by atoms with van der Waals surface area (Å²) in [5, 5.41) is 54.7. The first kappa shape index (κ1) is 70.8. The lowest BCUT2D eigenvalue weighted by molar-refractivity contribution is 0.102. The molecule has 490 valence electrons. The first-order chi connectivity index (χ1) is 42.4. The maximum atomic E-state index is 13.5. The second kappa shape index (κ2) is 26.9. The molecule has 92 heavy (non-hydrogen) atoms. The van der Waals surface area contributed by atoms with Crippen LogP contribution in [0.5, 0.6) is 11.5 Å². The zero-order valence-electron chi connectivity index (χ0n) is 46.7. The Morgan fingerprint density at radius 2 is 0.815 bits per heavy atom. The quantitative estimate of drug-likeness (QED) is 0.0203. The molecule has 0 saturated heterocycles. The lowest BCUT2D eigenvalue weighted by atomic mass is 10.1. The Bertz CT molecular complexity index is 4960. The van der Waals surface area contributed by atoms with Gasteiger partial charge in [-0.05, 0) is 116 Å². The van der Waals surface area contributed by atoms with Crippen molar-refractivity contribution in [3.63, 3.8) is 0 Å². The van der Waals surface area contributed by atoms with Crippen LogP contribution in [0, 0.1) is 13.8 Å². The van der Waals surface area contributed by atoms with Crippen molar-refractivity contribution in [2.75, 3.05) is 35.4 Å². The minimum Gasteiger partial charge on any atom is -0.505 e. The fourth-order valence-corrected chi connectivity index (χ4v) is 12.1. The number of hydrogen-bond acceptors (Lipinski definition) is 30. The first-order valence-electron chi connectivity index (χ1n) is 24.7. The van der Waals surface area contributed by atoms with Crippen LogP contribution >= 0.6 is 21.7 Å². The van der Waals surface area contributed by atoms with E-state index in [2.05, 4.69) is 50.4 Å². The highest BCUT2D eigenvalue weighted by Gasteiger charge is 2.32. The van der Waals surface area contributed by atoms with E-state index < -0.39 is 183 Å². The number of amides is 1. The Kier molecular flexibility index (Phi) is 20.7. The molecule has 0 saturated carbocycles. The third-order valence-corrected chi connectivity index (χ3v) is 18.0. The average Bonchev–Trinajstić information content (AvgIpc) is 0.749. The van der Waals surface area contributed by atoms with Gasteiger partial charge >= 0.3 is 10.4 Å². The summed E-state index contributed by atoms with van der Waals surface area (Å²) in [4.78, 5) is 8.68. The summed E-state index contributed by atoms with van der Waals surface area (Å²) < 4.78 is 220. The number of aryl methyl sites for hydroxylation is 2. The van der Waals surface area contributed by atoms with Gasteiger partial charge in [0.05, 0.1) is 61.4 Å². The number of nitrogens with two attached hydrogens (primary N) is 2. The number of nitrogens with one attached hydrogen (secondary N) is 1. The Morgan fingerprint density at radius 1 is 0.457 bits per heavy atom. The van der Waals surface area contributed by atoms with Crippen LogP contribution in [0.25, 0.3) is 21.5 Å². The van der Waals surface area contributed by atoms with Gasteiger partial charge in [0.1, 0.15) is 74.7 Å². The van der Waals surface area contributed by atoms with Crippen LogP contribution in [0.4, 0.5) is 62.6 Å². The maximum Gasteiger partial charge on any atom is 0.397 e. The molecule has 8 rings (SSSR count). The number of phenols is 2. The zero-order valence-corrected chi connectivity index (χ0v) is 52.5. The van der Waals surface area contributed by atoms with Crippen LogP contribution in [0.15, 0.2) is 181 Å². The zero-order chi connectivity index (χ0) is 68.4. The number of nitrogens with zero attached hydrogens (tertiary/aromatic N) is 8. The highest BCUT2D eigenvalue weighted by atomic mass is 32.3. The van der Waals surface area contributed by atoms with Crippen molar-refractivity contribution in [1.82, 2.24) is 0 Å². The molecule has 0 fully saturated rings. The van der Waals surface area contributed by atoms with Gasteiger partial charge in [0, 0.05) is 17.5 Å². The number of carbonyl (C=O) groups is 1. The molecule has 8 aromatic carbocycles. The SMILES string of the molecule is CS(=O)(=O)CCOS(=O)(=O)O.Cc1ccc(N=Nc2c(S(O)(O)O)cc3cc(S(=O)(=O)O)c(N=Nc4ccc(NC(=O)c5ccc(N=Nc6c(S(O)(O)O)cc7cc(S(=O)(=O)O)c(N=Nc8ccc(C)cc8)c(N)c7c6O)c(S(=O)(=O)O)c5)cc4)c(O)c3c2N)cc1. The van der Waals surface area contributed by atoms with Crippen LogP contribution in [-0.4, -0.2) is 122 Å². The van der Waals surface area contributed by atoms with Gasteiger partial charge in [0.2, 0.25) is 0 Å². The Balaban J connectivity index is 0.000000995. The van der Waals surface area contributed by atoms with E-state index in [0.29, 0.717) is 6.07 Å². The number of benzene rings is 8. The fraction of sp³-hybridized carbons (Fsp3) is 0.100. The Morgan fingerprint density at radius 3 is 1.22 bits per heavy atom. The molecule has 42 heteroatoms. The van der Waals surface area contributed by atoms with Gasteiger partial charge in [-0.3, -0.25) is 23.0 Å². The Hall–Kier alpha value is -8.64. The standard InChI is InChI=1S/C47H41N11O18S5.C3H8O6S2/c1-22-3-8-28(9-4-22)51-55-41-33(78(65,66)67)18-25-20-35(80(71,72)73)43(45(59)37(25)39(41)48)57-53-30-14-12-27(13-15-30)50-47(61)24-7-16-31(32(17-24)77(62,63)64)54-58-44-36(81(74,75)76)21-26-19-34(79(68,69)70)42(40(49)38(26)46(44)60)56-52-29-10-5-23(2)6-11-29;1-10(4,5)3-2-9-11(6,7)8/h3-21,59-60,65-67,74-76H,48-49H2,1-2H3,(H,50,61)(H,62,63,64)(H,68,69,70)(H,71,72,73);2-3H2,1H3,(H,6,7,8). The fourth-order valence-electron chi connectivity index (χ4n) is 7.93. The summed E-state index contributed by atoms with van der Waals surface area (Å²) in [5.74, 6) is -3.55. The van der Waals surface area contributed by atoms with Crippen LogP contribution in [0.1, 0.15) is 21.5 Å². The second-order valence-corrected chi connectivity index (χ2v) is 29.6. The van der Waals surface area contributed by atoms with Crippen LogP contribution in [0.3, 0.4) is 0 Å². The molecule has 0 aliphatic rings. The lowest BCUT2D eigenvalue weighted by Crippen LogP contribution is -2.13. The highest BCUT2D eigenvalue weighted by Crippen LogP contribution is 2.58. The number of aromatic hydroxyl groups is 2. The smallest absolute Gasteiger partial charge is 0.397 e. The first-order valence-corrected chi connectivity index (χ1v) is 35.5. The molecule has 0 radical (unpaired) electrons. The number of hydrogen-bond donors (Lipinski definition) is 15. The molecule has 0 atom stereocenters. The number of phenolic OH excluding ortho intramolecular Hbond substituents is 2. The number of fused-ring (bicyclic) bond motifs is 2. The molecule has 17 N–H and O–H groups in total. The van der Waals surface area contributed by atoms with Crippen molar-refractivity contribution < 1.29 is 107 Å². The predicted molar refractivity (Wildman–Crippen MR) is 334 cm³/mol. The van der Waals surface area contributed by atoms with E-state index in [0.717, 1.165) is 53.8 Å². The van der Waals surface area contributed by atoms with Gasteiger partial charge in [0.15, 0.2) is 11.5 Å². The van der Waals surface area contributed by atoms with Crippen molar-refractivity contribution in [1.29, 1.82) is 0 Å². The highest BCUT2D eigenvalue weighted by molar-refractivity contribution is 8.19. The lowest BCUT2D eigenvalue weighted by Gasteiger charge is -2.23. The van der Waals surface area contributed by atoms with Crippen LogP contribution in [0.2, 0.25) is 0 Å². The van der Waals surface area contributed by atoms with E-state index in [1.165, 1.54) is 36.4 Å². The van der Waals surface area contributed by atoms with Crippen molar-refractivity contribution in [2.45, 2.75) is 38.3 Å². The van der Waals surface area contributed by atoms with Crippen LogP contribution in [-0.2, 0) is 54.8 Å². The molecular weight excluding hydrogens is 1360 g/mol. The van der Waals surface area contributed by atoms with Gasteiger partial charge < -0.3 is 54.3 Å². The number of sulfone groups is 1. The third kappa shape index (κ3) is 17.7. The van der Waals surface area contributed by atoms with Gasteiger partial charge in [-0.2, -0.15) is 49.0 Å². The minimum absolute atomic E-state index is 0.0131. The molecule has 8 aromatic rings. The Labute approximate surface area is 524 Å². The number of carbonyl (C=O) groups excluding carboxylic acids is 1. The molecule has 35 nitrogen and oxygen atoms in total. The molecule has 0 heterocycles. The summed E-state index contributed by atoms with van der Waals surface area (Å²) >= 11 is 0. The monoisotopic (exact) mass is 1410 g/mol. The number of rotatable bonds is 19. The van der Waals surface area contributed by atoms with E-state index >= 15 is 0 Å². The molecule has 0 aromatic heterocycles. The predicted octanol–water partition coefficient (Wildman–Crippen LogP) is 11.9. The summed E-state index contributed by atoms with van der Waals surface area (Å²) in [5.41, 5.74) is 9.33. The summed E-state index contributed by atoms with van der Waals surface area (Å²) in [6.07, 6.45) is 0.931. The molecule has 0 aliphatic carbocycles. The number of anilines is 3. The molecule has 0 aliphatic heterocycles. The van der Waals surface area contributed by atoms with Crippen molar-refractivity contribution in [3.05, 3.63) is 132 Å². The molecule has 0 bridgehead atoms. The minimum atomic E-state index is -5.30. The third-order valence-electron chi connectivity index (χ3n) is 12.2. The van der Waals surface area contributed by atoms with Crippen molar-refractivity contribution in [3.8, 4) is 11.5 Å². The van der Waals surface area contributed by atoms with E-state index in [-0.39, 0.29) is 33.5 Å². The van der Waals surface area contributed by atoms with Gasteiger partial charge in [-0.25, -0.2) is 12.6 Å². The van der Waals surface area contributed by atoms with E-state index in [1.807, 2.05) is 6.92 Å². The van der Waals surface area contributed by atoms with E-state index in [1.54, 1.807) is 43.3 Å². The number of azo groups is 4. The largest absolute Gasteiger partial charge is 0.505 e. The topological polar surface area (TPSA) is 603 Å². The second-order valence-electron chi connectivity index (χ2n) is 19.1. The van der Waals surface area contributed by atoms with Gasteiger partial charge in [-0.1, -0.05) is 35.4 Å².